The second-order valence-electron chi connectivity index (χ2n) is 4.11. The van der Waals surface area contributed by atoms with Crippen LogP contribution in [0.15, 0.2) is 44.9 Å². The van der Waals surface area contributed by atoms with Gasteiger partial charge in [-0.1, -0.05) is 30.3 Å². The van der Waals surface area contributed by atoms with Gasteiger partial charge < -0.3 is 5.73 Å². The fourth-order valence-electron chi connectivity index (χ4n) is 1.64. The van der Waals surface area contributed by atoms with Crippen LogP contribution in [0.3, 0.4) is 0 Å². The van der Waals surface area contributed by atoms with Gasteiger partial charge in [0, 0.05) is 20.3 Å². The highest BCUT2D eigenvalue weighted by Gasteiger charge is 2.11. The minimum Gasteiger partial charge on any atom is -0.383 e. The molecule has 98 valence electrons. The predicted octanol–water partition coefficient (Wildman–Crippen LogP) is 0.417. The van der Waals surface area contributed by atoms with Crippen molar-refractivity contribution in [2.75, 3.05) is 5.73 Å². The monoisotopic (exact) mass is 258 g/mol. The Morgan fingerprint density at radius 3 is 2.37 bits per heavy atom. The van der Waals surface area contributed by atoms with Gasteiger partial charge >= 0.3 is 5.69 Å². The number of hydrogen-bond donors (Lipinski definition) is 1. The van der Waals surface area contributed by atoms with Gasteiger partial charge in [-0.05, 0) is 5.56 Å². The van der Waals surface area contributed by atoms with Crippen LogP contribution in [0.1, 0.15) is 5.56 Å². The summed E-state index contributed by atoms with van der Waals surface area (Å²) in [5, 5.41) is 0. The van der Waals surface area contributed by atoms with Crippen molar-refractivity contribution in [1.82, 2.24) is 9.13 Å². The molecule has 0 aliphatic carbocycles. The molecule has 1 heterocycles. The predicted molar refractivity (Wildman–Crippen MR) is 75.0 cm³/mol. The number of anilines is 1. The summed E-state index contributed by atoms with van der Waals surface area (Å²) in [4.78, 5) is 27.7. The van der Waals surface area contributed by atoms with E-state index in [0.29, 0.717) is 0 Å². The molecule has 0 saturated heterocycles. The molecule has 6 heteroatoms. The molecule has 0 aliphatic heterocycles. The van der Waals surface area contributed by atoms with Crippen molar-refractivity contribution in [3.8, 4) is 0 Å². The van der Waals surface area contributed by atoms with Crippen LogP contribution in [0.25, 0.3) is 0 Å². The van der Waals surface area contributed by atoms with Crippen molar-refractivity contribution in [3.63, 3.8) is 0 Å². The molecule has 2 N–H and O–H groups in total. The summed E-state index contributed by atoms with van der Waals surface area (Å²) in [6.07, 6.45) is 1.54. The van der Waals surface area contributed by atoms with Gasteiger partial charge in [0.1, 0.15) is 5.82 Å². The summed E-state index contributed by atoms with van der Waals surface area (Å²) in [6.45, 7) is 0. The van der Waals surface area contributed by atoms with Crippen molar-refractivity contribution in [2.45, 2.75) is 0 Å². The largest absolute Gasteiger partial charge is 0.383 e. The van der Waals surface area contributed by atoms with Crippen LogP contribution < -0.4 is 17.0 Å². The zero-order chi connectivity index (χ0) is 14.0. The molecule has 0 spiro atoms. The Kier molecular flexibility index (Phi) is 3.33. The van der Waals surface area contributed by atoms with Crippen molar-refractivity contribution >= 4 is 17.7 Å². The highest BCUT2D eigenvalue weighted by Crippen LogP contribution is 2.13. The Morgan fingerprint density at radius 2 is 1.74 bits per heavy atom. The topological polar surface area (TPSA) is 82.4 Å². The fraction of sp³-hybridized carbons (Fsp3) is 0.154. The van der Waals surface area contributed by atoms with Crippen LogP contribution >= 0.6 is 0 Å². The smallest absolute Gasteiger partial charge is 0.332 e. The molecule has 0 unspecified atom stereocenters. The van der Waals surface area contributed by atoms with Crippen LogP contribution in [0.5, 0.6) is 0 Å². The first-order valence-corrected chi connectivity index (χ1v) is 5.67. The third kappa shape index (κ3) is 2.33. The van der Waals surface area contributed by atoms with Crippen molar-refractivity contribution < 1.29 is 0 Å². The number of hydrogen-bond acceptors (Lipinski definition) is 4. The second-order valence-corrected chi connectivity index (χ2v) is 4.11. The average molecular weight is 258 g/mol. The van der Waals surface area contributed by atoms with E-state index in [1.165, 1.54) is 24.9 Å². The highest BCUT2D eigenvalue weighted by atomic mass is 16.2. The zero-order valence-electron chi connectivity index (χ0n) is 10.7. The summed E-state index contributed by atoms with van der Waals surface area (Å²) >= 11 is 0. The summed E-state index contributed by atoms with van der Waals surface area (Å²) in [6, 6.07) is 9.32. The van der Waals surface area contributed by atoms with Crippen LogP contribution in [0.2, 0.25) is 0 Å². The van der Waals surface area contributed by atoms with Crippen LogP contribution in [-0.2, 0) is 14.1 Å². The molecule has 1 aromatic heterocycles. The van der Waals surface area contributed by atoms with Gasteiger partial charge in [0.15, 0.2) is 5.69 Å². The van der Waals surface area contributed by atoms with Gasteiger partial charge in [0.25, 0.3) is 5.56 Å². The normalized spacial score (nSPS) is 11.1. The first-order chi connectivity index (χ1) is 9.02. The van der Waals surface area contributed by atoms with E-state index in [-0.39, 0.29) is 11.5 Å². The molecule has 0 amide bonds. The summed E-state index contributed by atoms with van der Waals surface area (Å²) < 4.78 is 2.17. The Bertz CT molecular complexity index is 742. The molecule has 0 radical (unpaired) electrons. The van der Waals surface area contributed by atoms with Crippen molar-refractivity contribution in [3.05, 3.63) is 56.7 Å². The molecule has 2 aromatic rings. The molecule has 0 atom stereocenters. The molecule has 0 saturated carbocycles. The van der Waals surface area contributed by atoms with E-state index in [1.807, 2.05) is 30.3 Å². The number of nitrogen functional groups attached to an aromatic ring is 1. The Morgan fingerprint density at radius 1 is 1.11 bits per heavy atom. The van der Waals surface area contributed by atoms with E-state index in [9.17, 15) is 9.59 Å². The molecule has 0 aliphatic rings. The number of rotatable bonds is 2. The Hall–Kier alpha value is -2.63. The lowest BCUT2D eigenvalue weighted by Crippen LogP contribution is -2.37. The molecule has 19 heavy (non-hydrogen) atoms. The van der Waals surface area contributed by atoms with Gasteiger partial charge in [0.05, 0.1) is 0 Å². The maximum absolute atomic E-state index is 11.9. The average Bonchev–Trinajstić information content (AvgIpc) is 2.44. The lowest BCUT2D eigenvalue weighted by molar-refractivity contribution is 0.695. The number of nitrogens with zero attached hydrogens (tertiary/aromatic N) is 3. The maximum Gasteiger partial charge on any atom is 0.332 e. The summed E-state index contributed by atoms with van der Waals surface area (Å²) in [5.41, 5.74) is 5.68. The van der Waals surface area contributed by atoms with E-state index in [2.05, 4.69) is 4.99 Å². The lowest BCUT2D eigenvalue weighted by Gasteiger charge is -2.07. The number of aliphatic imine (C=N–C) groups is 1. The summed E-state index contributed by atoms with van der Waals surface area (Å²) in [5.74, 6) is 0.0558. The molecule has 0 bridgehead atoms. The molecular formula is C13H14N4O2. The zero-order valence-corrected chi connectivity index (χ0v) is 10.7. The van der Waals surface area contributed by atoms with E-state index in [4.69, 9.17) is 5.73 Å². The number of nitrogens with two attached hydrogens (primary N) is 1. The fourth-order valence-corrected chi connectivity index (χ4v) is 1.64. The maximum atomic E-state index is 11.9. The van der Waals surface area contributed by atoms with Gasteiger partial charge in [-0.25, -0.2) is 9.79 Å². The standard InChI is InChI=1S/C13H14N4O2/c1-16-11(14)10(12(18)17(2)13(16)19)15-8-9-6-4-3-5-7-9/h3-8H,14H2,1-2H3/b15-8+. The Balaban J connectivity index is 2.56. The van der Waals surface area contributed by atoms with Gasteiger partial charge in [-0.2, -0.15) is 0 Å². The van der Waals surface area contributed by atoms with Crippen LogP contribution in [0.4, 0.5) is 11.5 Å². The second kappa shape index (κ2) is 4.93. The lowest BCUT2D eigenvalue weighted by atomic mass is 10.2. The number of benzene rings is 1. The first-order valence-electron chi connectivity index (χ1n) is 5.67. The molecule has 0 fully saturated rings. The molecule has 1 aromatic carbocycles. The number of aromatic nitrogens is 2. The van der Waals surface area contributed by atoms with Crippen LogP contribution in [-0.4, -0.2) is 15.3 Å². The van der Waals surface area contributed by atoms with Crippen molar-refractivity contribution in [1.29, 1.82) is 0 Å². The van der Waals surface area contributed by atoms with Gasteiger partial charge in [-0.15, -0.1) is 0 Å². The molecule has 2 rings (SSSR count). The molecular weight excluding hydrogens is 244 g/mol. The van der Waals surface area contributed by atoms with Crippen molar-refractivity contribution in [2.24, 2.45) is 19.1 Å². The molecule has 6 nitrogen and oxygen atoms in total. The van der Waals surface area contributed by atoms with Gasteiger partial charge in [-0.3, -0.25) is 13.9 Å². The van der Waals surface area contributed by atoms with E-state index < -0.39 is 11.2 Å². The highest BCUT2D eigenvalue weighted by molar-refractivity contribution is 5.83. The van der Waals surface area contributed by atoms with E-state index >= 15 is 0 Å². The minimum absolute atomic E-state index is 0.0558. The third-order valence-corrected chi connectivity index (χ3v) is 2.83. The first kappa shape index (κ1) is 12.8. The van der Waals surface area contributed by atoms with Gasteiger partial charge in [0.2, 0.25) is 0 Å². The SMILES string of the molecule is Cn1c(N)c(/N=C/c2ccccc2)c(=O)n(C)c1=O. The Labute approximate surface area is 109 Å². The quantitative estimate of drug-likeness (QED) is 0.792. The minimum atomic E-state index is -0.507. The van der Waals surface area contributed by atoms with E-state index in [1.54, 1.807) is 0 Å². The van der Waals surface area contributed by atoms with Crippen LogP contribution in [0, 0.1) is 0 Å². The summed E-state index contributed by atoms with van der Waals surface area (Å²) in [7, 11) is 2.89. The third-order valence-electron chi connectivity index (χ3n) is 2.83. The van der Waals surface area contributed by atoms with E-state index in [0.717, 1.165) is 10.1 Å².